The second-order valence-electron chi connectivity index (χ2n) is 7.11. The zero-order valence-corrected chi connectivity index (χ0v) is 17.7. The molecule has 0 aliphatic heterocycles. The van der Waals surface area contributed by atoms with Crippen molar-refractivity contribution in [2.24, 2.45) is 0 Å². The van der Waals surface area contributed by atoms with Crippen LogP contribution in [0, 0.1) is 22.9 Å². The number of anilines is 3. The molecule has 33 heavy (non-hydrogen) atoms. The van der Waals surface area contributed by atoms with Gasteiger partial charge < -0.3 is 16.0 Å². The average Bonchev–Trinajstić information content (AvgIpc) is 2.79. The molecule has 0 aliphatic rings. The van der Waals surface area contributed by atoms with Crippen LogP contribution in [0.5, 0.6) is 0 Å². The molecule has 0 aromatic heterocycles. The normalized spacial score (nSPS) is 10.2. The predicted octanol–water partition coefficient (Wildman–Crippen LogP) is 4.90. The highest BCUT2D eigenvalue weighted by Gasteiger charge is 2.17. The molecule has 0 radical (unpaired) electrons. The smallest absolute Gasteiger partial charge is 0.326 e. The Labute approximate surface area is 189 Å². The van der Waals surface area contributed by atoms with Crippen LogP contribution in [0.3, 0.4) is 0 Å². The van der Waals surface area contributed by atoms with Crippen molar-refractivity contribution in [2.45, 2.75) is 6.92 Å². The van der Waals surface area contributed by atoms with Crippen molar-refractivity contribution in [3.05, 3.63) is 94.3 Å². The van der Waals surface area contributed by atoms with Crippen molar-refractivity contribution < 1.29 is 18.9 Å². The van der Waals surface area contributed by atoms with E-state index in [0.717, 1.165) is 5.56 Å². The summed E-state index contributed by atoms with van der Waals surface area (Å²) < 4.78 is 13.4. The zero-order chi connectivity index (χ0) is 23.8. The molecule has 0 saturated heterocycles. The first-order valence-corrected chi connectivity index (χ1v) is 10.0. The van der Waals surface area contributed by atoms with Crippen LogP contribution in [0.2, 0.25) is 0 Å². The molecule has 3 aromatic rings. The van der Waals surface area contributed by atoms with Crippen molar-refractivity contribution in [2.75, 3.05) is 28.6 Å². The van der Waals surface area contributed by atoms with E-state index in [0.29, 0.717) is 17.1 Å². The highest BCUT2D eigenvalue weighted by atomic mass is 19.1. The number of rotatable bonds is 7. The van der Waals surface area contributed by atoms with Gasteiger partial charge in [-0.3, -0.25) is 15.0 Å². The summed E-state index contributed by atoms with van der Waals surface area (Å²) in [7, 11) is 0. The lowest BCUT2D eigenvalue weighted by Crippen LogP contribution is -2.42. The number of amides is 4. The molecule has 9 nitrogen and oxygen atoms in total. The maximum atomic E-state index is 13.4. The lowest BCUT2D eigenvalue weighted by molar-refractivity contribution is -0.384. The number of hydrogen-bond acceptors (Lipinski definition) is 4. The maximum Gasteiger partial charge on any atom is 0.326 e. The summed E-state index contributed by atoms with van der Waals surface area (Å²) in [6.07, 6.45) is 0. The molecular weight excluding hydrogens is 429 g/mol. The van der Waals surface area contributed by atoms with Gasteiger partial charge >= 0.3 is 12.1 Å². The zero-order valence-electron chi connectivity index (χ0n) is 17.7. The molecule has 10 heteroatoms. The number of carbonyl (C=O) groups is 2. The SMILES string of the molecule is Cc1ccc(NC(=O)NCCN(C(=O)Nc2ccc([N+](=O)[O-])cc2)c2ccc(F)cc2)cc1. The van der Waals surface area contributed by atoms with Crippen LogP contribution in [-0.2, 0) is 0 Å². The molecule has 0 saturated carbocycles. The van der Waals surface area contributed by atoms with Gasteiger partial charge in [-0.25, -0.2) is 14.0 Å². The van der Waals surface area contributed by atoms with Gasteiger partial charge in [0.25, 0.3) is 5.69 Å². The number of urea groups is 2. The number of nitrogens with one attached hydrogen (secondary N) is 3. The van der Waals surface area contributed by atoms with Crippen molar-refractivity contribution in [3.63, 3.8) is 0 Å². The first-order chi connectivity index (χ1) is 15.8. The molecule has 3 rings (SSSR count). The average molecular weight is 451 g/mol. The van der Waals surface area contributed by atoms with E-state index in [9.17, 15) is 24.1 Å². The van der Waals surface area contributed by atoms with Gasteiger partial charge in [-0.2, -0.15) is 0 Å². The second kappa shape index (κ2) is 10.7. The van der Waals surface area contributed by atoms with Crippen molar-refractivity contribution >= 4 is 34.8 Å². The number of halogens is 1. The lowest BCUT2D eigenvalue weighted by Gasteiger charge is -2.23. The third-order valence-electron chi connectivity index (χ3n) is 4.64. The Hall–Kier alpha value is -4.47. The minimum Gasteiger partial charge on any atom is -0.336 e. The highest BCUT2D eigenvalue weighted by Crippen LogP contribution is 2.19. The van der Waals surface area contributed by atoms with E-state index in [2.05, 4.69) is 16.0 Å². The number of nitro groups is 1. The van der Waals surface area contributed by atoms with E-state index in [1.807, 2.05) is 19.1 Å². The standard InChI is InChI=1S/C23H22FN5O4/c1-16-2-6-18(7-3-16)26-22(30)25-14-15-28(20-10-4-17(24)5-11-20)23(31)27-19-8-12-21(13-9-19)29(32)33/h2-13H,14-15H2,1H3,(H,27,31)(H2,25,26,30). The highest BCUT2D eigenvalue weighted by molar-refractivity contribution is 6.01. The molecule has 170 valence electrons. The van der Waals surface area contributed by atoms with E-state index in [4.69, 9.17) is 0 Å². The Balaban J connectivity index is 1.64. The molecule has 0 spiro atoms. The van der Waals surface area contributed by atoms with E-state index in [1.165, 1.54) is 53.4 Å². The first-order valence-electron chi connectivity index (χ1n) is 10.0. The summed E-state index contributed by atoms with van der Waals surface area (Å²) >= 11 is 0. The Kier molecular flexibility index (Phi) is 7.53. The van der Waals surface area contributed by atoms with Gasteiger partial charge in [-0.1, -0.05) is 17.7 Å². The Morgan fingerprint density at radius 1 is 0.909 bits per heavy atom. The summed E-state index contributed by atoms with van der Waals surface area (Å²) in [5.74, 6) is -0.454. The van der Waals surface area contributed by atoms with Crippen LogP contribution >= 0.6 is 0 Å². The molecule has 3 aromatic carbocycles. The lowest BCUT2D eigenvalue weighted by atomic mass is 10.2. The number of nitrogens with zero attached hydrogens (tertiary/aromatic N) is 2. The van der Waals surface area contributed by atoms with Gasteiger partial charge in [0.15, 0.2) is 0 Å². The number of hydrogen-bond donors (Lipinski definition) is 3. The first kappa shape index (κ1) is 23.2. The third-order valence-corrected chi connectivity index (χ3v) is 4.64. The van der Waals surface area contributed by atoms with Gasteiger partial charge in [0.1, 0.15) is 5.82 Å². The molecule has 4 amide bonds. The number of aryl methyl sites for hydroxylation is 1. The van der Waals surface area contributed by atoms with Crippen molar-refractivity contribution in [3.8, 4) is 0 Å². The largest absolute Gasteiger partial charge is 0.336 e. The van der Waals surface area contributed by atoms with Crippen molar-refractivity contribution in [1.29, 1.82) is 0 Å². The molecule has 0 fully saturated rings. The van der Waals surface area contributed by atoms with Gasteiger partial charge in [0.2, 0.25) is 0 Å². The van der Waals surface area contributed by atoms with Gasteiger partial charge in [0, 0.05) is 42.3 Å². The summed E-state index contributed by atoms with van der Waals surface area (Å²) in [6.45, 7) is 2.14. The van der Waals surface area contributed by atoms with Crippen LogP contribution in [-0.4, -0.2) is 30.1 Å². The number of benzene rings is 3. The molecule has 0 heterocycles. The second-order valence-corrected chi connectivity index (χ2v) is 7.11. The number of carbonyl (C=O) groups excluding carboxylic acids is 2. The molecule has 0 unspecified atom stereocenters. The number of non-ortho nitro benzene ring substituents is 1. The summed E-state index contributed by atoms with van der Waals surface area (Å²) in [6, 6.07) is 17.0. The van der Waals surface area contributed by atoms with Crippen LogP contribution in [0.25, 0.3) is 0 Å². The van der Waals surface area contributed by atoms with E-state index >= 15 is 0 Å². The summed E-state index contributed by atoms with van der Waals surface area (Å²) in [5.41, 5.74) is 2.35. The van der Waals surface area contributed by atoms with E-state index in [-0.39, 0.29) is 18.8 Å². The van der Waals surface area contributed by atoms with E-state index in [1.54, 1.807) is 12.1 Å². The summed E-state index contributed by atoms with van der Waals surface area (Å²) in [4.78, 5) is 36.6. The van der Waals surface area contributed by atoms with Gasteiger partial charge in [0.05, 0.1) is 4.92 Å². The van der Waals surface area contributed by atoms with Crippen molar-refractivity contribution in [1.82, 2.24) is 5.32 Å². The quantitative estimate of drug-likeness (QED) is 0.350. The Morgan fingerprint density at radius 3 is 2.09 bits per heavy atom. The van der Waals surface area contributed by atoms with Gasteiger partial charge in [-0.05, 0) is 55.5 Å². The number of nitro benzene ring substituents is 1. The minimum absolute atomic E-state index is 0.0891. The van der Waals surface area contributed by atoms with Gasteiger partial charge in [-0.15, -0.1) is 0 Å². The molecule has 0 aliphatic carbocycles. The fraction of sp³-hybridized carbons (Fsp3) is 0.130. The Bertz CT molecular complexity index is 1120. The topological polar surface area (TPSA) is 117 Å². The maximum absolute atomic E-state index is 13.4. The van der Waals surface area contributed by atoms with Crippen LogP contribution < -0.4 is 20.9 Å². The van der Waals surface area contributed by atoms with E-state index < -0.39 is 22.8 Å². The predicted molar refractivity (Wildman–Crippen MR) is 124 cm³/mol. The molecular formula is C23H22FN5O4. The molecule has 0 bridgehead atoms. The third kappa shape index (κ3) is 6.76. The Morgan fingerprint density at radius 2 is 1.48 bits per heavy atom. The monoisotopic (exact) mass is 451 g/mol. The summed E-state index contributed by atoms with van der Waals surface area (Å²) in [5, 5.41) is 18.8. The fourth-order valence-corrected chi connectivity index (χ4v) is 2.92. The van der Waals surface area contributed by atoms with Crippen LogP contribution in [0.1, 0.15) is 5.56 Å². The van der Waals surface area contributed by atoms with Crippen LogP contribution in [0.15, 0.2) is 72.8 Å². The minimum atomic E-state index is -0.545. The van der Waals surface area contributed by atoms with Crippen LogP contribution in [0.4, 0.5) is 36.7 Å². The fourth-order valence-electron chi connectivity index (χ4n) is 2.92. The molecule has 3 N–H and O–H groups in total. The molecule has 0 atom stereocenters.